The van der Waals surface area contributed by atoms with Gasteiger partial charge in [0.1, 0.15) is 12.1 Å². The van der Waals surface area contributed by atoms with E-state index in [0.717, 1.165) is 34.0 Å². The average molecular weight is 288 g/mol. The molecule has 5 nitrogen and oxygen atoms in total. The van der Waals surface area contributed by atoms with Gasteiger partial charge in [-0.2, -0.15) is 5.10 Å². The van der Waals surface area contributed by atoms with Crippen LogP contribution in [-0.2, 0) is 6.54 Å². The van der Waals surface area contributed by atoms with E-state index < -0.39 is 0 Å². The van der Waals surface area contributed by atoms with Crippen molar-refractivity contribution >= 4 is 28.5 Å². The van der Waals surface area contributed by atoms with Crippen molar-refractivity contribution in [3.05, 3.63) is 47.4 Å². The van der Waals surface area contributed by atoms with Crippen molar-refractivity contribution in [3.8, 4) is 0 Å². The van der Waals surface area contributed by atoms with Gasteiger partial charge in [0.25, 0.3) is 0 Å². The van der Waals surface area contributed by atoms with E-state index in [1.165, 1.54) is 0 Å². The molecule has 0 bridgehead atoms. The van der Waals surface area contributed by atoms with E-state index in [-0.39, 0.29) is 0 Å². The second-order valence-electron chi connectivity index (χ2n) is 4.38. The van der Waals surface area contributed by atoms with E-state index >= 15 is 0 Å². The Bertz CT molecular complexity index is 737. The predicted molar refractivity (Wildman–Crippen MR) is 80.0 cm³/mol. The smallest absolute Gasteiger partial charge is 0.163 e. The number of anilines is 1. The Morgan fingerprint density at radius 2 is 2.10 bits per heavy atom. The molecule has 0 atom stereocenters. The lowest BCUT2D eigenvalue weighted by atomic mass is 10.2. The minimum Gasteiger partial charge on any atom is -0.370 e. The highest BCUT2D eigenvalue weighted by Crippen LogP contribution is 2.21. The van der Waals surface area contributed by atoms with Crippen molar-refractivity contribution in [2.75, 3.05) is 11.9 Å². The van der Waals surface area contributed by atoms with Gasteiger partial charge in [0.2, 0.25) is 0 Å². The van der Waals surface area contributed by atoms with Crippen molar-refractivity contribution in [2.24, 2.45) is 0 Å². The maximum Gasteiger partial charge on any atom is 0.163 e. The average Bonchev–Trinajstić information content (AvgIpc) is 2.86. The molecule has 3 aromatic rings. The van der Waals surface area contributed by atoms with E-state index in [4.69, 9.17) is 11.6 Å². The van der Waals surface area contributed by atoms with Crippen molar-refractivity contribution in [1.82, 2.24) is 19.7 Å². The molecule has 0 unspecified atom stereocenters. The second kappa shape index (κ2) is 5.46. The van der Waals surface area contributed by atoms with Gasteiger partial charge in [-0.3, -0.25) is 0 Å². The highest BCUT2D eigenvalue weighted by Gasteiger charge is 2.10. The summed E-state index contributed by atoms with van der Waals surface area (Å²) in [6, 6.07) is 7.74. The quantitative estimate of drug-likeness (QED) is 0.801. The topological polar surface area (TPSA) is 55.6 Å². The van der Waals surface area contributed by atoms with Crippen LogP contribution in [0, 0.1) is 0 Å². The molecular formula is C14H14ClN5. The van der Waals surface area contributed by atoms with Crippen molar-refractivity contribution in [1.29, 1.82) is 0 Å². The number of nitrogens with one attached hydrogen (secondary N) is 1. The largest absolute Gasteiger partial charge is 0.370 e. The Morgan fingerprint density at radius 1 is 1.25 bits per heavy atom. The van der Waals surface area contributed by atoms with Gasteiger partial charge in [-0.15, -0.1) is 0 Å². The highest BCUT2D eigenvalue weighted by atomic mass is 35.5. The molecule has 0 saturated carbocycles. The van der Waals surface area contributed by atoms with Crippen LogP contribution in [0.3, 0.4) is 0 Å². The molecule has 0 amide bonds. The minimum absolute atomic E-state index is 0.589. The third-order valence-electron chi connectivity index (χ3n) is 3.06. The first-order valence-electron chi connectivity index (χ1n) is 6.43. The van der Waals surface area contributed by atoms with Crippen LogP contribution in [0.2, 0.25) is 5.02 Å². The fourth-order valence-corrected chi connectivity index (χ4v) is 2.30. The number of benzene rings is 1. The molecule has 1 aromatic carbocycles. The Morgan fingerprint density at radius 3 is 2.90 bits per heavy atom. The Labute approximate surface area is 121 Å². The molecule has 2 heterocycles. The van der Waals surface area contributed by atoms with Crippen LogP contribution >= 0.6 is 11.6 Å². The Kier molecular flexibility index (Phi) is 3.52. The van der Waals surface area contributed by atoms with Gasteiger partial charge in [0, 0.05) is 11.6 Å². The summed E-state index contributed by atoms with van der Waals surface area (Å²) < 4.78 is 1.83. The first kappa shape index (κ1) is 12.9. The van der Waals surface area contributed by atoms with Crippen LogP contribution < -0.4 is 5.32 Å². The van der Waals surface area contributed by atoms with Crippen LogP contribution in [0.5, 0.6) is 0 Å². The zero-order chi connectivity index (χ0) is 13.9. The fraction of sp³-hybridized carbons (Fsp3) is 0.214. The number of nitrogens with zero attached hydrogens (tertiary/aromatic N) is 4. The Hall–Kier alpha value is -2.14. The van der Waals surface area contributed by atoms with Crippen molar-refractivity contribution in [3.63, 3.8) is 0 Å². The second-order valence-corrected chi connectivity index (χ2v) is 4.79. The number of halogens is 1. The van der Waals surface area contributed by atoms with Gasteiger partial charge < -0.3 is 5.32 Å². The fourth-order valence-electron chi connectivity index (χ4n) is 2.10. The first-order chi connectivity index (χ1) is 9.79. The van der Waals surface area contributed by atoms with Crippen LogP contribution in [0.4, 0.5) is 5.82 Å². The summed E-state index contributed by atoms with van der Waals surface area (Å²) in [5, 5.41) is 9.25. The zero-order valence-electron chi connectivity index (χ0n) is 11.0. The van der Waals surface area contributed by atoms with Gasteiger partial charge in [0.15, 0.2) is 5.65 Å². The number of hydrogen-bond acceptors (Lipinski definition) is 4. The van der Waals surface area contributed by atoms with Crippen LogP contribution in [-0.4, -0.2) is 26.3 Å². The van der Waals surface area contributed by atoms with E-state index in [0.29, 0.717) is 6.54 Å². The van der Waals surface area contributed by atoms with Crippen LogP contribution in [0.25, 0.3) is 11.0 Å². The minimum atomic E-state index is 0.589. The molecule has 2 aromatic heterocycles. The van der Waals surface area contributed by atoms with Gasteiger partial charge in [-0.1, -0.05) is 29.8 Å². The lowest BCUT2D eigenvalue weighted by molar-refractivity contribution is 0.704. The lowest BCUT2D eigenvalue weighted by Gasteiger charge is -2.06. The SMILES string of the molecule is CCNc1ncnc2c1cnn2Cc1ccccc1Cl. The molecule has 0 aliphatic heterocycles. The summed E-state index contributed by atoms with van der Waals surface area (Å²) in [4.78, 5) is 8.55. The molecule has 0 spiro atoms. The van der Waals surface area contributed by atoms with E-state index in [2.05, 4.69) is 20.4 Å². The molecule has 20 heavy (non-hydrogen) atoms. The molecule has 102 valence electrons. The summed E-state index contributed by atoms with van der Waals surface area (Å²) in [6.07, 6.45) is 3.33. The molecule has 3 rings (SSSR count). The van der Waals surface area contributed by atoms with Gasteiger partial charge >= 0.3 is 0 Å². The highest BCUT2D eigenvalue weighted by molar-refractivity contribution is 6.31. The number of aromatic nitrogens is 4. The molecule has 1 N–H and O–H groups in total. The van der Waals surface area contributed by atoms with Gasteiger partial charge in [-0.25, -0.2) is 14.6 Å². The van der Waals surface area contributed by atoms with E-state index in [1.54, 1.807) is 12.5 Å². The van der Waals surface area contributed by atoms with Crippen LogP contribution in [0.1, 0.15) is 12.5 Å². The predicted octanol–water partition coefficient (Wildman–Crippen LogP) is 2.96. The number of fused-ring (bicyclic) bond motifs is 1. The van der Waals surface area contributed by atoms with Crippen molar-refractivity contribution < 1.29 is 0 Å². The lowest BCUT2D eigenvalue weighted by Crippen LogP contribution is -2.04. The van der Waals surface area contributed by atoms with Crippen LogP contribution in [0.15, 0.2) is 36.8 Å². The number of hydrogen-bond donors (Lipinski definition) is 1. The first-order valence-corrected chi connectivity index (χ1v) is 6.81. The van der Waals surface area contributed by atoms with Gasteiger partial charge in [-0.05, 0) is 18.6 Å². The summed E-state index contributed by atoms with van der Waals surface area (Å²) >= 11 is 6.19. The molecule has 0 fully saturated rings. The van der Waals surface area contributed by atoms with Gasteiger partial charge in [0.05, 0.1) is 18.1 Å². The van der Waals surface area contributed by atoms with Crippen molar-refractivity contribution in [2.45, 2.75) is 13.5 Å². The normalized spacial score (nSPS) is 10.9. The summed E-state index contributed by atoms with van der Waals surface area (Å²) in [5.74, 6) is 0.808. The number of rotatable bonds is 4. The standard InChI is InChI=1S/C14H14ClN5/c1-2-16-13-11-7-19-20(14(11)18-9-17-13)8-10-5-3-4-6-12(10)15/h3-7,9H,2,8H2,1H3,(H,16,17,18). The maximum absolute atomic E-state index is 6.19. The zero-order valence-corrected chi connectivity index (χ0v) is 11.8. The summed E-state index contributed by atoms with van der Waals surface area (Å²) in [6.45, 7) is 3.43. The summed E-state index contributed by atoms with van der Waals surface area (Å²) in [5.41, 5.74) is 1.82. The van der Waals surface area contributed by atoms with E-state index in [1.807, 2.05) is 35.9 Å². The molecular weight excluding hydrogens is 274 g/mol. The maximum atomic E-state index is 6.19. The third-order valence-corrected chi connectivity index (χ3v) is 3.42. The molecule has 0 saturated heterocycles. The molecule has 0 aliphatic carbocycles. The third kappa shape index (κ3) is 2.32. The molecule has 0 radical (unpaired) electrons. The summed E-state index contributed by atoms with van der Waals surface area (Å²) in [7, 11) is 0. The van der Waals surface area contributed by atoms with E-state index in [9.17, 15) is 0 Å². The molecule has 6 heteroatoms. The monoisotopic (exact) mass is 287 g/mol. The Balaban J connectivity index is 2.01. The molecule has 0 aliphatic rings.